The van der Waals surface area contributed by atoms with E-state index >= 15 is 0 Å². The predicted molar refractivity (Wildman–Crippen MR) is 111 cm³/mol. The molecule has 4 nitrogen and oxygen atoms in total. The van der Waals surface area contributed by atoms with E-state index in [9.17, 15) is 4.79 Å². The Balaban J connectivity index is 0.00000243. The van der Waals surface area contributed by atoms with Crippen LogP contribution in [0.25, 0.3) is 10.8 Å². The van der Waals surface area contributed by atoms with Crippen molar-refractivity contribution >= 4 is 40.8 Å². The van der Waals surface area contributed by atoms with E-state index in [1.54, 1.807) is 18.9 Å². The van der Waals surface area contributed by atoms with Gasteiger partial charge in [0.15, 0.2) is 0 Å². The lowest BCUT2D eigenvalue weighted by Gasteiger charge is -2.37. The molecule has 1 saturated heterocycles. The van der Waals surface area contributed by atoms with Gasteiger partial charge in [0.1, 0.15) is 0 Å². The van der Waals surface area contributed by atoms with E-state index in [-0.39, 0.29) is 23.7 Å². The summed E-state index contributed by atoms with van der Waals surface area (Å²) in [7, 11) is 1.74. The Bertz CT molecular complexity index is 714. The molecule has 3 rings (SSSR count). The first-order valence-electron chi connectivity index (χ1n) is 8.79. The van der Waals surface area contributed by atoms with Gasteiger partial charge in [-0.15, -0.1) is 24.2 Å². The van der Waals surface area contributed by atoms with Crippen LogP contribution in [0.5, 0.6) is 0 Å². The Morgan fingerprint density at radius 2 is 1.92 bits per heavy atom. The number of benzene rings is 2. The van der Waals surface area contributed by atoms with Gasteiger partial charge in [0, 0.05) is 24.0 Å². The predicted octanol–water partition coefficient (Wildman–Crippen LogP) is 3.49. The van der Waals surface area contributed by atoms with Crippen molar-refractivity contribution in [2.24, 2.45) is 5.41 Å². The van der Waals surface area contributed by atoms with E-state index in [0.717, 1.165) is 30.8 Å². The number of carbonyl (C=O) groups excluding carboxylic acids is 1. The van der Waals surface area contributed by atoms with E-state index in [2.05, 4.69) is 41.0 Å². The molecule has 0 spiro atoms. The molecule has 0 atom stereocenters. The number of thioether (sulfide) groups is 1. The van der Waals surface area contributed by atoms with E-state index in [0.29, 0.717) is 18.9 Å². The summed E-state index contributed by atoms with van der Waals surface area (Å²) in [5.74, 6) is 0.534. The normalized spacial score (nSPS) is 16.0. The number of hydrogen-bond acceptors (Lipinski definition) is 4. The molecule has 0 radical (unpaired) electrons. The number of amides is 1. The van der Waals surface area contributed by atoms with Crippen molar-refractivity contribution in [1.29, 1.82) is 0 Å². The number of methoxy groups -OCH3 is 1. The highest BCUT2D eigenvalue weighted by atomic mass is 35.5. The van der Waals surface area contributed by atoms with Crippen LogP contribution in [0, 0.1) is 5.41 Å². The van der Waals surface area contributed by atoms with Gasteiger partial charge in [-0.25, -0.2) is 0 Å². The monoisotopic (exact) mass is 394 g/mol. The molecule has 1 heterocycles. The zero-order chi connectivity index (χ0) is 17.5. The average molecular weight is 395 g/mol. The largest absolute Gasteiger partial charge is 0.384 e. The van der Waals surface area contributed by atoms with Crippen LogP contribution in [0.2, 0.25) is 0 Å². The molecule has 142 valence electrons. The first-order valence-corrected chi connectivity index (χ1v) is 9.77. The van der Waals surface area contributed by atoms with Gasteiger partial charge < -0.3 is 15.4 Å². The molecule has 0 unspecified atom stereocenters. The van der Waals surface area contributed by atoms with Crippen LogP contribution in [0.3, 0.4) is 0 Å². The zero-order valence-corrected chi connectivity index (χ0v) is 16.8. The van der Waals surface area contributed by atoms with E-state index in [1.165, 1.54) is 10.8 Å². The van der Waals surface area contributed by atoms with Gasteiger partial charge in [0.05, 0.1) is 12.4 Å². The lowest BCUT2D eigenvalue weighted by molar-refractivity contribution is -0.119. The van der Waals surface area contributed by atoms with Gasteiger partial charge in [-0.3, -0.25) is 4.79 Å². The summed E-state index contributed by atoms with van der Waals surface area (Å²) in [6.07, 6.45) is 2.08. The Morgan fingerprint density at radius 1 is 1.19 bits per heavy atom. The lowest BCUT2D eigenvalue weighted by atomic mass is 9.79. The summed E-state index contributed by atoms with van der Waals surface area (Å²) in [5.41, 5.74) is 0.0727. The third-order valence-corrected chi connectivity index (χ3v) is 5.86. The van der Waals surface area contributed by atoms with Gasteiger partial charge in [0.2, 0.25) is 5.91 Å². The van der Waals surface area contributed by atoms with Crippen molar-refractivity contribution in [3.8, 4) is 0 Å². The van der Waals surface area contributed by atoms with Crippen LogP contribution in [0.4, 0.5) is 0 Å². The van der Waals surface area contributed by atoms with Crippen molar-refractivity contribution in [3.05, 3.63) is 42.5 Å². The highest BCUT2D eigenvalue weighted by Gasteiger charge is 2.32. The van der Waals surface area contributed by atoms with E-state index < -0.39 is 0 Å². The number of carbonyl (C=O) groups is 1. The van der Waals surface area contributed by atoms with Gasteiger partial charge in [-0.05, 0) is 48.8 Å². The minimum absolute atomic E-state index is 0. The van der Waals surface area contributed by atoms with Crippen molar-refractivity contribution in [3.63, 3.8) is 0 Å². The molecule has 1 aliphatic heterocycles. The van der Waals surface area contributed by atoms with E-state index in [4.69, 9.17) is 4.74 Å². The topological polar surface area (TPSA) is 50.4 Å². The van der Waals surface area contributed by atoms with Crippen LogP contribution in [0.15, 0.2) is 47.4 Å². The fourth-order valence-electron chi connectivity index (χ4n) is 3.38. The molecule has 0 bridgehead atoms. The van der Waals surface area contributed by atoms with Crippen LogP contribution in [-0.2, 0) is 9.53 Å². The zero-order valence-electron chi connectivity index (χ0n) is 15.1. The summed E-state index contributed by atoms with van der Waals surface area (Å²) in [6.45, 7) is 3.38. The molecule has 1 fully saturated rings. The fraction of sp³-hybridized carbons (Fsp3) is 0.450. The molecule has 2 N–H and O–H groups in total. The van der Waals surface area contributed by atoms with E-state index in [1.807, 2.05) is 12.1 Å². The number of hydrogen-bond donors (Lipinski definition) is 2. The number of rotatable bonds is 7. The Hall–Kier alpha value is -1.27. The molecule has 0 aliphatic carbocycles. The lowest BCUT2D eigenvalue weighted by Crippen LogP contribution is -2.47. The summed E-state index contributed by atoms with van der Waals surface area (Å²) in [5, 5.41) is 8.93. The number of halogens is 1. The molecule has 0 saturated carbocycles. The second-order valence-corrected chi connectivity index (χ2v) is 7.81. The summed E-state index contributed by atoms with van der Waals surface area (Å²) in [6, 6.07) is 14.6. The first kappa shape index (κ1) is 21.0. The summed E-state index contributed by atoms with van der Waals surface area (Å²) in [4.78, 5) is 13.4. The molecular weight excluding hydrogens is 368 g/mol. The smallest absolute Gasteiger partial charge is 0.230 e. The summed E-state index contributed by atoms with van der Waals surface area (Å²) < 4.78 is 5.40. The SMILES string of the molecule is COCC1(CNC(=O)CSc2ccc3ccccc3c2)CCNCC1.Cl. The quantitative estimate of drug-likeness (QED) is 0.706. The Kier molecular flexibility index (Phi) is 8.22. The maximum absolute atomic E-state index is 12.3. The highest BCUT2D eigenvalue weighted by molar-refractivity contribution is 8.00. The Labute approximate surface area is 165 Å². The Morgan fingerprint density at radius 3 is 2.65 bits per heavy atom. The van der Waals surface area contributed by atoms with Crippen LogP contribution >= 0.6 is 24.2 Å². The number of nitrogens with one attached hydrogen (secondary N) is 2. The number of ether oxygens (including phenoxy) is 1. The maximum atomic E-state index is 12.3. The minimum Gasteiger partial charge on any atom is -0.384 e. The second-order valence-electron chi connectivity index (χ2n) is 6.76. The van der Waals surface area contributed by atoms with Gasteiger partial charge in [-0.1, -0.05) is 30.3 Å². The van der Waals surface area contributed by atoms with Crippen molar-refractivity contribution < 1.29 is 9.53 Å². The molecule has 26 heavy (non-hydrogen) atoms. The average Bonchev–Trinajstić information content (AvgIpc) is 2.65. The van der Waals surface area contributed by atoms with Gasteiger partial charge in [-0.2, -0.15) is 0 Å². The molecule has 2 aromatic carbocycles. The summed E-state index contributed by atoms with van der Waals surface area (Å²) >= 11 is 1.59. The van der Waals surface area contributed by atoms with Crippen LogP contribution < -0.4 is 10.6 Å². The molecule has 0 aromatic heterocycles. The third kappa shape index (κ3) is 5.61. The highest BCUT2D eigenvalue weighted by Crippen LogP contribution is 2.28. The number of piperidine rings is 1. The molecule has 1 aliphatic rings. The van der Waals surface area contributed by atoms with Crippen LogP contribution in [-0.4, -0.2) is 45.0 Å². The van der Waals surface area contributed by atoms with Gasteiger partial charge in [0.25, 0.3) is 0 Å². The van der Waals surface area contributed by atoms with Gasteiger partial charge >= 0.3 is 0 Å². The maximum Gasteiger partial charge on any atom is 0.230 e. The standard InChI is InChI=1S/C20H26N2O2S.ClH/c1-24-15-20(8-10-21-11-9-20)14-22-19(23)13-25-18-7-6-16-4-2-3-5-17(16)12-18;/h2-7,12,21H,8-11,13-15H2,1H3,(H,22,23);1H. The minimum atomic E-state index is 0. The van der Waals surface area contributed by atoms with Crippen molar-refractivity contribution in [2.45, 2.75) is 17.7 Å². The third-order valence-electron chi connectivity index (χ3n) is 4.87. The molecule has 2 aromatic rings. The molecule has 1 amide bonds. The first-order chi connectivity index (χ1) is 12.2. The van der Waals surface area contributed by atoms with Crippen LogP contribution in [0.1, 0.15) is 12.8 Å². The fourth-order valence-corrected chi connectivity index (χ4v) is 4.15. The van der Waals surface area contributed by atoms with Crippen molar-refractivity contribution in [2.75, 3.05) is 39.1 Å². The second kappa shape index (κ2) is 10.2. The van der Waals surface area contributed by atoms with Crippen molar-refractivity contribution in [1.82, 2.24) is 10.6 Å². The molecule has 6 heteroatoms. The number of fused-ring (bicyclic) bond motifs is 1. The molecular formula is C20H27ClN2O2S.